The van der Waals surface area contributed by atoms with Crippen molar-refractivity contribution in [1.29, 1.82) is 0 Å². The second kappa shape index (κ2) is 6.86. The molecule has 1 N–H and O–H groups in total. The van der Waals surface area contributed by atoms with Gasteiger partial charge in [-0.05, 0) is 35.7 Å². The van der Waals surface area contributed by atoms with E-state index in [2.05, 4.69) is 5.32 Å². The van der Waals surface area contributed by atoms with Gasteiger partial charge in [0.1, 0.15) is 17.1 Å². The number of rotatable bonds is 5. The fourth-order valence-electron chi connectivity index (χ4n) is 2.14. The second-order valence-electron chi connectivity index (χ2n) is 4.84. The third kappa shape index (κ3) is 3.47. The molecule has 24 heavy (non-hydrogen) atoms. The number of carbonyl (C=O) groups is 1. The Balaban J connectivity index is 1.72. The summed E-state index contributed by atoms with van der Waals surface area (Å²) in [5, 5.41) is 15.8. The number of benzene rings is 1. The molecule has 0 saturated carbocycles. The first-order valence-corrected chi connectivity index (χ1v) is 8.15. The fourth-order valence-corrected chi connectivity index (χ4v) is 2.99. The van der Waals surface area contributed by atoms with E-state index in [-0.39, 0.29) is 22.8 Å². The van der Waals surface area contributed by atoms with Gasteiger partial charge in [-0.25, -0.2) is 0 Å². The number of nitrogens with zero attached hydrogens (tertiary/aromatic N) is 1. The van der Waals surface area contributed by atoms with Crippen LogP contribution in [0.3, 0.4) is 0 Å². The molecule has 1 amide bonds. The highest BCUT2D eigenvalue weighted by atomic mass is 35.5. The number of nitro benzene ring substituents is 1. The van der Waals surface area contributed by atoms with E-state index >= 15 is 0 Å². The number of hydrogen-bond donors (Lipinski definition) is 1. The highest BCUT2D eigenvalue weighted by Crippen LogP contribution is 2.27. The SMILES string of the molecule is O=C(NCc1ccc(-c2cccs2)o1)c1cc(Cl)ccc1[N+](=O)[O-]. The highest BCUT2D eigenvalue weighted by Gasteiger charge is 2.20. The molecule has 1 aromatic carbocycles. The lowest BCUT2D eigenvalue weighted by molar-refractivity contribution is -0.385. The Labute approximate surface area is 145 Å². The van der Waals surface area contributed by atoms with Crippen molar-refractivity contribution in [1.82, 2.24) is 5.32 Å². The van der Waals surface area contributed by atoms with Gasteiger partial charge in [0.15, 0.2) is 0 Å². The average Bonchev–Trinajstić information content (AvgIpc) is 3.23. The van der Waals surface area contributed by atoms with Crippen LogP contribution in [-0.2, 0) is 6.54 Å². The fraction of sp³-hybridized carbons (Fsp3) is 0.0625. The molecule has 122 valence electrons. The van der Waals surface area contributed by atoms with E-state index in [9.17, 15) is 14.9 Å². The number of amides is 1. The van der Waals surface area contributed by atoms with Gasteiger partial charge in [0, 0.05) is 11.1 Å². The molecule has 0 radical (unpaired) electrons. The lowest BCUT2D eigenvalue weighted by Crippen LogP contribution is -2.23. The minimum absolute atomic E-state index is 0.0856. The van der Waals surface area contributed by atoms with Crippen molar-refractivity contribution in [3.8, 4) is 10.6 Å². The summed E-state index contributed by atoms with van der Waals surface area (Å²) in [6, 6.07) is 11.3. The third-order valence-corrected chi connectivity index (χ3v) is 4.37. The Bertz CT molecular complexity index is 889. The molecule has 0 aliphatic heterocycles. The summed E-state index contributed by atoms with van der Waals surface area (Å²) in [5.74, 6) is 0.678. The number of hydrogen-bond acceptors (Lipinski definition) is 5. The minimum atomic E-state index is -0.618. The van der Waals surface area contributed by atoms with Gasteiger partial charge in [-0.15, -0.1) is 11.3 Å². The van der Waals surface area contributed by atoms with Crippen molar-refractivity contribution in [3.05, 3.63) is 74.3 Å². The zero-order valence-electron chi connectivity index (χ0n) is 12.2. The summed E-state index contributed by atoms with van der Waals surface area (Å²) in [5.41, 5.74) is -0.381. The van der Waals surface area contributed by atoms with Crippen molar-refractivity contribution >= 4 is 34.5 Å². The van der Waals surface area contributed by atoms with Gasteiger partial charge in [0.05, 0.1) is 16.3 Å². The molecule has 2 heterocycles. The van der Waals surface area contributed by atoms with Crippen molar-refractivity contribution < 1.29 is 14.1 Å². The van der Waals surface area contributed by atoms with E-state index in [1.54, 1.807) is 17.4 Å². The number of nitrogens with one attached hydrogen (secondary N) is 1. The lowest BCUT2D eigenvalue weighted by Gasteiger charge is -2.05. The van der Waals surface area contributed by atoms with Crippen LogP contribution in [0.1, 0.15) is 16.1 Å². The normalized spacial score (nSPS) is 10.5. The number of nitro groups is 1. The molecule has 0 fully saturated rings. The van der Waals surface area contributed by atoms with Crippen LogP contribution < -0.4 is 5.32 Å². The van der Waals surface area contributed by atoms with Crippen molar-refractivity contribution in [3.63, 3.8) is 0 Å². The number of thiophene rings is 1. The smallest absolute Gasteiger partial charge is 0.282 e. The van der Waals surface area contributed by atoms with Crippen LogP contribution in [0.2, 0.25) is 5.02 Å². The first-order valence-electron chi connectivity index (χ1n) is 6.89. The molecule has 0 aliphatic carbocycles. The Morgan fingerprint density at radius 1 is 1.29 bits per heavy atom. The average molecular weight is 363 g/mol. The molecule has 6 nitrogen and oxygen atoms in total. The number of carbonyl (C=O) groups excluding carboxylic acids is 1. The van der Waals surface area contributed by atoms with Crippen LogP contribution in [0.15, 0.2) is 52.3 Å². The van der Waals surface area contributed by atoms with E-state index in [1.807, 2.05) is 23.6 Å². The zero-order chi connectivity index (χ0) is 17.1. The molecule has 0 atom stereocenters. The number of furan rings is 1. The van der Waals surface area contributed by atoms with Gasteiger partial charge in [-0.2, -0.15) is 0 Å². The predicted octanol–water partition coefficient (Wildman–Crippen LogP) is 4.50. The Hall–Kier alpha value is -2.64. The molecule has 0 spiro atoms. The van der Waals surface area contributed by atoms with Crippen molar-refractivity contribution in [2.45, 2.75) is 6.54 Å². The maximum Gasteiger partial charge on any atom is 0.282 e. The topological polar surface area (TPSA) is 85.4 Å². The number of halogens is 1. The van der Waals surface area contributed by atoms with E-state index < -0.39 is 10.8 Å². The first-order chi connectivity index (χ1) is 11.5. The van der Waals surface area contributed by atoms with Crippen LogP contribution in [-0.4, -0.2) is 10.8 Å². The zero-order valence-corrected chi connectivity index (χ0v) is 13.8. The van der Waals surface area contributed by atoms with Crippen molar-refractivity contribution in [2.75, 3.05) is 0 Å². The molecule has 2 aromatic heterocycles. The van der Waals surface area contributed by atoms with E-state index in [1.165, 1.54) is 18.2 Å². The summed E-state index contributed by atoms with van der Waals surface area (Å²) in [7, 11) is 0. The van der Waals surface area contributed by atoms with Gasteiger partial charge < -0.3 is 9.73 Å². The summed E-state index contributed by atoms with van der Waals surface area (Å²) in [6.07, 6.45) is 0. The van der Waals surface area contributed by atoms with Crippen LogP contribution in [0.25, 0.3) is 10.6 Å². The quantitative estimate of drug-likeness (QED) is 0.535. The predicted molar refractivity (Wildman–Crippen MR) is 91.3 cm³/mol. The molecular weight excluding hydrogens is 352 g/mol. The molecule has 0 unspecified atom stereocenters. The summed E-state index contributed by atoms with van der Waals surface area (Å²) < 4.78 is 5.65. The van der Waals surface area contributed by atoms with Gasteiger partial charge in [-0.1, -0.05) is 17.7 Å². The molecule has 3 aromatic rings. The third-order valence-electron chi connectivity index (χ3n) is 3.25. The van der Waals surface area contributed by atoms with Crippen LogP contribution >= 0.6 is 22.9 Å². The highest BCUT2D eigenvalue weighted by molar-refractivity contribution is 7.13. The minimum Gasteiger partial charge on any atom is -0.458 e. The summed E-state index contributed by atoms with van der Waals surface area (Å²) in [6.45, 7) is 0.119. The van der Waals surface area contributed by atoms with Crippen LogP contribution in [0.5, 0.6) is 0 Å². The van der Waals surface area contributed by atoms with Crippen molar-refractivity contribution in [2.24, 2.45) is 0 Å². The van der Waals surface area contributed by atoms with Gasteiger partial charge in [0.2, 0.25) is 0 Å². The summed E-state index contributed by atoms with van der Waals surface area (Å²) in [4.78, 5) is 23.6. The van der Waals surface area contributed by atoms with Crippen LogP contribution in [0.4, 0.5) is 5.69 Å². The second-order valence-corrected chi connectivity index (χ2v) is 6.23. The molecule has 0 aliphatic rings. The van der Waals surface area contributed by atoms with E-state index in [0.717, 1.165) is 4.88 Å². The van der Waals surface area contributed by atoms with Crippen LogP contribution in [0, 0.1) is 10.1 Å². The van der Waals surface area contributed by atoms with Gasteiger partial charge in [0.25, 0.3) is 11.6 Å². The summed E-state index contributed by atoms with van der Waals surface area (Å²) >= 11 is 7.37. The Morgan fingerprint density at radius 3 is 2.83 bits per heavy atom. The maximum absolute atomic E-state index is 12.2. The molecule has 0 bridgehead atoms. The lowest BCUT2D eigenvalue weighted by atomic mass is 10.1. The maximum atomic E-state index is 12.2. The van der Waals surface area contributed by atoms with E-state index in [4.69, 9.17) is 16.0 Å². The standard InChI is InChI=1S/C16H11ClN2O4S/c17-10-3-5-13(19(21)22)12(8-10)16(20)18-9-11-4-6-14(23-11)15-2-1-7-24-15/h1-8H,9H2,(H,18,20). The van der Waals surface area contributed by atoms with Gasteiger partial charge >= 0.3 is 0 Å². The largest absolute Gasteiger partial charge is 0.458 e. The van der Waals surface area contributed by atoms with E-state index in [0.29, 0.717) is 11.5 Å². The first kappa shape index (κ1) is 16.2. The molecule has 0 saturated heterocycles. The van der Waals surface area contributed by atoms with Gasteiger partial charge in [-0.3, -0.25) is 14.9 Å². The molecule has 8 heteroatoms. The Morgan fingerprint density at radius 2 is 2.12 bits per heavy atom. The molecule has 3 rings (SSSR count). The molecular formula is C16H11ClN2O4S. The Kier molecular flexibility index (Phi) is 4.64. The monoisotopic (exact) mass is 362 g/mol.